The van der Waals surface area contributed by atoms with Crippen molar-refractivity contribution in [1.29, 1.82) is 0 Å². The van der Waals surface area contributed by atoms with Crippen LogP contribution < -0.4 is 4.68 Å². The molecule has 1 amide bonds. The molecule has 0 unspecified atom stereocenters. The first kappa shape index (κ1) is 8.70. The number of carbonyl (C=O) groups is 1. The lowest BCUT2D eigenvalue weighted by Gasteiger charge is -2.05. The van der Waals surface area contributed by atoms with E-state index in [0.717, 1.165) is 13.0 Å². The van der Waals surface area contributed by atoms with Crippen LogP contribution in [0.4, 0.5) is 5.88 Å². The molecule has 12 heavy (non-hydrogen) atoms. The second-order valence-electron chi connectivity index (χ2n) is 2.43. The van der Waals surface area contributed by atoms with Crippen LogP contribution in [0.15, 0.2) is 10.7 Å². The number of hydrogen-bond donors (Lipinski definition) is 0. The van der Waals surface area contributed by atoms with Gasteiger partial charge in [-0.3, -0.25) is 0 Å². The number of aromatic nitrogens is 2. The minimum absolute atomic E-state index is 0.260. The largest absolute Gasteiger partial charge is 0.589 e. The van der Waals surface area contributed by atoms with Gasteiger partial charge in [-0.15, -0.1) is 0 Å². The van der Waals surface area contributed by atoms with E-state index in [1.165, 1.54) is 6.92 Å². The van der Waals surface area contributed by atoms with Gasteiger partial charge in [0.25, 0.3) is 0 Å². The Balaban J connectivity index is 2.58. The Bertz CT molecular complexity index is 269. The van der Waals surface area contributed by atoms with Crippen molar-refractivity contribution in [3.63, 3.8) is 0 Å². The van der Waals surface area contributed by atoms with Gasteiger partial charge < -0.3 is 14.6 Å². The van der Waals surface area contributed by atoms with Gasteiger partial charge in [-0.05, 0) is 6.92 Å². The molecule has 0 saturated heterocycles. The van der Waals surface area contributed by atoms with Gasteiger partial charge in [-0.2, -0.15) is 0 Å². The highest BCUT2D eigenvalue weighted by atomic mass is 16.5. The first-order valence-corrected chi connectivity index (χ1v) is 3.81. The highest BCUT2D eigenvalue weighted by Gasteiger charge is 2.03. The Hall–Kier alpha value is -1.39. The van der Waals surface area contributed by atoms with E-state index in [1.807, 2.05) is 6.92 Å². The molecule has 0 spiro atoms. The predicted molar refractivity (Wildman–Crippen MR) is 40.7 cm³/mol. The van der Waals surface area contributed by atoms with E-state index in [2.05, 4.69) is 10.6 Å². The molecule has 66 valence electrons. The molecule has 0 fully saturated rings. The molecule has 0 radical (unpaired) electrons. The molecule has 5 nitrogen and oxygen atoms in total. The Labute approximate surface area is 70.3 Å². The molecule has 1 rings (SSSR count). The Morgan fingerprint density at radius 1 is 1.83 bits per heavy atom. The molecular formula is C7H11N3O2. The normalized spacial score (nSPS) is 9.83. The number of nitrogens with zero attached hydrogens (tertiary/aromatic N) is 3. The molecule has 0 saturated carbocycles. The first-order valence-electron chi connectivity index (χ1n) is 3.81. The van der Waals surface area contributed by atoms with Crippen LogP contribution in [0.2, 0.25) is 0 Å². The van der Waals surface area contributed by atoms with Crippen LogP contribution in [0.25, 0.3) is 5.32 Å². The molecule has 0 bridgehead atoms. The van der Waals surface area contributed by atoms with Gasteiger partial charge in [0.05, 0.1) is 5.91 Å². The Morgan fingerprint density at radius 3 is 3.17 bits per heavy atom. The lowest BCUT2D eigenvalue weighted by atomic mass is 10.5. The summed E-state index contributed by atoms with van der Waals surface area (Å²) >= 11 is 0. The van der Waals surface area contributed by atoms with Crippen molar-refractivity contribution >= 4 is 11.8 Å². The zero-order valence-corrected chi connectivity index (χ0v) is 7.15. The molecule has 1 aromatic heterocycles. The molecule has 0 aliphatic heterocycles. The molecule has 0 atom stereocenters. The summed E-state index contributed by atoms with van der Waals surface area (Å²) in [7, 11) is 0. The van der Waals surface area contributed by atoms with Crippen LogP contribution in [-0.4, -0.2) is 11.2 Å². The van der Waals surface area contributed by atoms with Crippen molar-refractivity contribution in [2.45, 2.75) is 26.8 Å². The summed E-state index contributed by atoms with van der Waals surface area (Å²) in [4.78, 5) is 10.5. The summed E-state index contributed by atoms with van der Waals surface area (Å²) in [6.45, 7) is 4.17. The second-order valence-corrected chi connectivity index (χ2v) is 2.43. The second kappa shape index (κ2) is 3.85. The average Bonchev–Trinajstić information content (AvgIpc) is 2.36. The number of rotatable bonds is 3. The number of aryl methyl sites for hydroxylation is 1. The summed E-state index contributed by atoms with van der Waals surface area (Å²) in [5.74, 6) is -0.0225. The van der Waals surface area contributed by atoms with Gasteiger partial charge in [0.15, 0.2) is 11.8 Å². The zero-order valence-electron chi connectivity index (χ0n) is 7.15. The summed E-state index contributed by atoms with van der Waals surface area (Å²) in [5, 5.41) is 7.23. The fourth-order valence-electron chi connectivity index (χ4n) is 0.808. The smallest absolute Gasteiger partial charge is 0.222 e. The third kappa shape index (κ3) is 2.34. The summed E-state index contributed by atoms with van der Waals surface area (Å²) in [6, 6.07) is 0. The van der Waals surface area contributed by atoms with Gasteiger partial charge >= 0.3 is 0 Å². The van der Waals surface area contributed by atoms with E-state index in [9.17, 15) is 4.79 Å². The molecule has 0 aliphatic carbocycles. The Kier molecular flexibility index (Phi) is 2.79. The summed E-state index contributed by atoms with van der Waals surface area (Å²) < 4.78 is 6.37. The van der Waals surface area contributed by atoms with Crippen molar-refractivity contribution < 1.29 is 14.0 Å². The van der Waals surface area contributed by atoms with E-state index in [4.69, 9.17) is 4.52 Å². The van der Waals surface area contributed by atoms with Gasteiger partial charge in [0, 0.05) is 6.42 Å². The molecule has 0 N–H and O–H groups in total. The highest BCUT2D eigenvalue weighted by Crippen LogP contribution is 2.13. The van der Waals surface area contributed by atoms with Crippen LogP contribution in [0, 0.1) is 0 Å². The van der Waals surface area contributed by atoms with E-state index >= 15 is 0 Å². The maximum atomic E-state index is 10.5. The fourth-order valence-corrected chi connectivity index (χ4v) is 0.808. The van der Waals surface area contributed by atoms with Crippen LogP contribution in [-0.2, 0) is 11.3 Å². The maximum Gasteiger partial charge on any atom is 0.222 e. The standard InChI is InChI=1S/C7H11N3O2/c1-3-4-10-5-7(12-9-10)8-6(2)11/h5H,3-4H2,1-2H3. The minimum atomic E-state index is -0.283. The van der Waals surface area contributed by atoms with Crippen molar-refractivity contribution in [2.24, 2.45) is 0 Å². The quantitative estimate of drug-likeness (QED) is 0.632. The van der Waals surface area contributed by atoms with Gasteiger partial charge in [-0.25, -0.2) is 0 Å². The van der Waals surface area contributed by atoms with Crippen LogP contribution in [0.5, 0.6) is 0 Å². The lowest BCUT2D eigenvalue weighted by molar-refractivity contribution is -0.762. The van der Waals surface area contributed by atoms with Crippen molar-refractivity contribution in [2.75, 3.05) is 0 Å². The third-order valence-corrected chi connectivity index (χ3v) is 1.22. The predicted octanol–water partition coefficient (Wildman–Crippen LogP) is 0.924. The third-order valence-electron chi connectivity index (χ3n) is 1.22. The Morgan fingerprint density at radius 2 is 2.58 bits per heavy atom. The topological polar surface area (TPSA) is 61.1 Å². The summed E-state index contributed by atoms with van der Waals surface area (Å²) in [6.07, 6.45) is 2.57. The minimum Gasteiger partial charge on any atom is -0.589 e. The van der Waals surface area contributed by atoms with Crippen molar-refractivity contribution in [3.8, 4) is 0 Å². The van der Waals surface area contributed by atoms with E-state index < -0.39 is 0 Å². The van der Waals surface area contributed by atoms with Crippen LogP contribution >= 0.6 is 0 Å². The van der Waals surface area contributed by atoms with Gasteiger partial charge in [-0.1, -0.05) is 11.6 Å². The molecule has 5 heteroatoms. The summed E-state index contributed by atoms with van der Waals surface area (Å²) in [5.41, 5.74) is 0. The molecule has 1 heterocycles. The number of amides is 1. The SMILES string of the molecule is CCC[n+]1cc([N-]C(C)=O)on1. The molecule has 1 aromatic rings. The first-order chi connectivity index (χ1) is 5.72. The van der Waals surface area contributed by atoms with Crippen molar-refractivity contribution in [3.05, 3.63) is 11.5 Å². The van der Waals surface area contributed by atoms with Gasteiger partial charge in [0.1, 0.15) is 5.88 Å². The average molecular weight is 169 g/mol. The number of carbonyl (C=O) groups excluding carboxylic acids is 1. The molecule has 0 aliphatic rings. The fraction of sp³-hybridized carbons (Fsp3) is 0.571. The van der Waals surface area contributed by atoms with E-state index in [-0.39, 0.29) is 11.8 Å². The van der Waals surface area contributed by atoms with Crippen LogP contribution in [0.3, 0.4) is 0 Å². The maximum absolute atomic E-state index is 10.5. The highest BCUT2D eigenvalue weighted by molar-refractivity contribution is 5.92. The van der Waals surface area contributed by atoms with Crippen molar-refractivity contribution in [1.82, 2.24) is 5.27 Å². The molecule has 0 aromatic carbocycles. The number of hydrogen-bond acceptors (Lipinski definition) is 3. The van der Waals surface area contributed by atoms with E-state index in [0.29, 0.717) is 0 Å². The monoisotopic (exact) mass is 169 g/mol. The van der Waals surface area contributed by atoms with Gasteiger partial charge in [0.2, 0.25) is 6.20 Å². The van der Waals surface area contributed by atoms with Crippen LogP contribution in [0.1, 0.15) is 20.3 Å². The lowest BCUT2D eigenvalue weighted by Crippen LogP contribution is -2.33. The zero-order chi connectivity index (χ0) is 8.97. The van der Waals surface area contributed by atoms with E-state index in [1.54, 1.807) is 10.9 Å². The molecular weight excluding hydrogens is 158 g/mol.